The third-order valence-electron chi connectivity index (χ3n) is 5.05. The van der Waals surface area contributed by atoms with E-state index in [9.17, 15) is 4.79 Å². The number of carbonyl (C=O) groups is 1. The predicted octanol–water partition coefficient (Wildman–Crippen LogP) is 5.11. The second-order valence-electron chi connectivity index (χ2n) is 6.97. The van der Waals surface area contributed by atoms with Crippen molar-refractivity contribution in [1.29, 1.82) is 0 Å². The molecule has 1 aromatic heterocycles. The Hall–Kier alpha value is -2.86. The maximum Gasteiger partial charge on any atom is 0.321 e. The molecule has 0 bridgehead atoms. The molecule has 6 nitrogen and oxygen atoms in total. The molecule has 4 rings (SSSR count). The van der Waals surface area contributed by atoms with Gasteiger partial charge in [-0.2, -0.15) is 4.98 Å². The molecular formula is C21H21ClN4O2. The summed E-state index contributed by atoms with van der Waals surface area (Å²) in [5, 5.41) is 7.65. The summed E-state index contributed by atoms with van der Waals surface area (Å²) in [4.78, 5) is 18.9. The van der Waals surface area contributed by atoms with E-state index in [-0.39, 0.29) is 11.9 Å². The second-order valence-corrected chi connectivity index (χ2v) is 7.41. The van der Waals surface area contributed by atoms with Crippen LogP contribution in [-0.2, 0) is 0 Å². The molecule has 1 aliphatic rings. The highest BCUT2D eigenvalue weighted by Crippen LogP contribution is 2.29. The van der Waals surface area contributed by atoms with E-state index in [0.717, 1.165) is 29.7 Å². The molecule has 2 heterocycles. The molecule has 1 aliphatic heterocycles. The third kappa shape index (κ3) is 4.02. The van der Waals surface area contributed by atoms with Crippen LogP contribution in [0.25, 0.3) is 11.4 Å². The average Bonchev–Trinajstić information content (AvgIpc) is 3.22. The number of nitrogens with zero attached hydrogens (tertiary/aromatic N) is 3. The van der Waals surface area contributed by atoms with Gasteiger partial charge in [0, 0.05) is 35.3 Å². The van der Waals surface area contributed by atoms with Gasteiger partial charge in [0.1, 0.15) is 0 Å². The Kier molecular flexibility index (Phi) is 5.30. The van der Waals surface area contributed by atoms with Crippen molar-refractivity contribution in [3.05, 3.63) is 65.0 Å². The van der Waals surface area contributed by atoms with Crippen molar-refractivity contribution < 1.29 is 9.32 Å². The number of hydrogen-bond donors (Lipinski definition) is 1. The Morgan fingerprint density at radius 2 is 1.93 bits per heavy atom. The lowest BCUT2D eigenvalue weighted by Gasteiger charge is -2.30. The summed E-state index contributed by atoms with van der Waals surface area (Å²) in [5.74, 6) is 1.42. The topological polar surface area (TPSA) is 71.3 Å². The standard InChI is InChI=1S/C21H21ClN4O2/c1-14-7-8-17(22)13-18(14)23-21(27)26-11-9-16(10-12-26)20-24-19(25-28-20)15-5-3-2-4-6-15/h2-8,13,16H,9-12H2,1H3,(H,23,27). The molecule has 2 amide bonds. The van der Waals surface area contributed by atoms with Gasteiger partial charge in [-0.25, -0.2) is 4.79 Å². The minimum Gasteiger partial charge on any atom is -0.339 e. The number of amides is 2. The average molecular weight is 397 g/mol. The molecule has 7 heteroatoms. The van der Waals surface area contributed by atoms with Crippen LogP contribution in [0.3, 0.4) is 0 Å². The summed E-state index contributed by atoms with van der Waals surface area (Å²) in [5.41, 5.74) is 2.65. The molecule has 3 aromatic rings. The first kappa shape index (κ1) is 18.5. The van der Waals surface area contributed by atoms with Crippen molar-refractivity contribution in [1.82, 2.24) is 15.0 Å². The molecule has 144 valence electrons. The summed E-state index contributed by atoms with van der Waals surface area (Å²) in [6, 6.07) is 15.1. The van der Waals surface area contributed by atoms with Gasteiger partial charge in [0.05, 0.1) is 0 Å². The lowest BCUT2D eigenvalue weighted by molar-refractivity contribution is 0.187. The maximum atomic E-state index is 12.6. The minimum absolute atomic E-state index is 0.112. The number of nitrogens with one attached hydrogen (secondary N) is 1. The van der Waals surface area contributed by atoms with Gasteiger partial charge < -0.3 is 14.7 Å². The quantitative estimate of drug-likeness (QED) is 0.667. The number of urea groups is 1. The fraction of sp³-hybridized carbons (Fsp3) is 0.286. The normalized spacial score (nSPS) is 14.9. The first-order valence-electron chi connectivity index (χ1n) is 9.31. The van der Waals surface area contributed by atoms with Crippen LogP contribution >= 0.6 is 11.6 Å². The molecule has 28 heavy (non-hydrogen) atoms. The number of likely N-dealkylation sites (tertiary alicyclic amines) is 1. The first-order valence-corrected chi connectivity index (χ1v) is 9.69. The van der Waals surface area contributed by atoms with E-state index < -0.39 is 0 Å². The van der Waals surface area contributed by atoms with Crippen LogP contribution < -0.4 is 5.32 Å². The van der Waals surface area contributed by atoms with Gasteiger partial charge in [-0.3, -0.25) is 0 Å². The van der Waals surface area contributed by atoms with Crippen molar-refractivity contribution in [3.8, 4) is 11.4 Å². The molecule has 0 radical (unpaired) electrons. The van der Waals surface area contributed by atoms with Crippen LogP contribution in [0.2, 0.25) is 5.02 Å². The van der Waals surface area contributed by atoms with E-state index in [4.69, 9.17) is 16.1 Å². The summed E-state index contributed by atoms with van der Waals surface area (Å²) in [6.45, 7) is 3.22. The molecule has 0 spiro atoms. The van der Waals surface area contributed by atoms with Crippen LogP contribution in [0.1, 0.15) is 30.2 Å². The van der Waals surface area contributed by atoms with Crippen molar-refractivity contribution in [2.24, 2.45) is 0 Å². The van der Waals surface area contributed by atoms with E-state index in [1.807, 2.05) is 54.3 Å². The summed E-state index contributed by atoms with van der Waals surface area (Å²) < 4.78 is 5.48. The fourth-order valence-corrected chi connectivity index (χ4v) is 3.53. The summed E-state index contributed by atoms with van der Waals surface area (Å²) in [6.07, 6.45) is 1.58. The van der Waals surface area contributed by atoms with Crippen LogP contribution in [0.15, 0.2) is 53.1 Å². The number of halogens is 1. The number of anilines is 1. The lowest BCUT2D eigenvalue weighted by Crippen LogP contribution is -2.40. The van der Waals surface area contributed by atoms with Gasteiger partial charge in [0.25, 0.3) is 0 Å². The van der Waals surface area contributed by atoms with E-state index in [0.29, 0.717) is 29.8 Å². The van der Waals surface area contributed by atoms with Crippen molar-refractivity contribution in [2.45, 2.75) is 25.7 Å². The van der Waals surface area contributed by atoms with Crippen LogP contribution in [0, 0.1) is 6.92 Å². The molecule has 0 saturated carbocycles. The van der Waals surface area contributed by atoms with Crippen molar-refractivity contribution in [3.63, 3.8) is 0 Å². The van der Waals surface area contributed by atoms with Crippen molar-refractivity contribution in [2.75, 3.05) is 18.4 Å². The molecule has 0 aliphatic carbocycles. The Bertz CT molecular complexity index is 966. The predicted molar refractivity (Wildman–Crippen MR) is 108 cm³/mol. The number of hydrogen-bond acceptors (Lipinski definition) is 4. The Balaban J connectivity index is 1.36. The van der Waals surface area contributed by atoms with Gasteiger partial charge in [0.15, 0.2) is 0 Å². The largest absolute Gasteiger partial charge is 0.339 e. The Morgan fingerprint density at radius 1 is 1.18 bits per heavy atom. The summed E-state index contributed by atoms with van der Waals surface area (Å²) in [7, 11) is 0. The molecular weight excluding hydrogens is 376 g/mol. The van der Waals surface area contributed by atoms with E-state index >= 15 is 0 Å². The van der Waals surface area contributed by atoms with Crippen LogP contribution in [0.4, 0.5) is 10.5 Å². The zero-order valence-corrected chi connectivity index (χ0v) is 16.3. The Labute approximate surface area is 168 Å². The molecule has 2 aromatic carbocycles. The first-order chi connectivity index (χ1) is 13.6. The zero-order chi connectivity index (χ0) is 19.5. The number of aryl methyl sites for hydroxylation is 1. The van der Waals surface area contributed by atoms with Gasteiger partial charge >= 0.3 is 6.03 Å². The number of benzene rings is 2. The summed E-state index contributed by atoms with van der Waals surface area (Å²) >= 11 is 6.03. The fourth-order valence-electron chi connectivity index (χ4n) is 3.36. The zero-order valence-electron chi connectivity index (χ0n) is 15.6. The molecule has 1 N–H and O–H groups in total. The monoisotopic (exact) mass is 396 g/mol. The van der Waals surface area contributed by atoms with Gasteiger partial charge in [-0.05, 0) is 37.5 Å². The highest BCUT2D eigenvalue weighted by atomic mass is 35.5. The van der Waals surface area contributed by atoms with Crippen molar-refractivity contribution >= 4 is 23.3 Å². The van der Waals surface area contributed by atoms with E-state index in [1.165, 1.54) is 0 Å². The minimum atomic E-state index is -0.112. The second kappa shape index (κ2) is 8.02. The highest BCUT2D eigenvalue weighted by molar-refractivity contribution is 6.31. The molecule has 1 fully saturated rings. The smallest absolute Gasteiger partial charge is 0.321 e. The highest BCUT2D eigenvalue weighted by Gasteiger charge is 2.28. The molecule has 0 atom stereocenters. The number of piperidine rings is 1. The van der Waals surface area contributed by atoms with Gasteiger partial charge in [-0.1, -0.05) is 53.2 Å². The van der Waals surface area contributed by atoms with Gasteiger partial charge in [-0.15, -0.1) is 0 Å². The SMILES string of the molecule is Cc1ccc(Cl)cc1NC(=O)N1CCC(c2nc(-c3ccccc3)no2)CC1. The lowest BCUT2D eigenvalue weighted by atomic mass is 9.97. The molecule has 0 unspecified atom stereocenters. The number of aromatic nitrogens is 2. The van der Waals surface area contributed by atoms with Gasteiger partial charge in [0.2, 0.25) is 11.7 Å². The van der Waals surface area contributed by atoms with Crippen LogP contribution in [0.5, 0.6) is 0 Å². The van der Waals surface area contributed by atoms with Crippen LogP contribution in [-0.4, -0.2) is 34.2 Å². The maximum absolute atomic E-state index is 12.6. The van der Waals surface area contributed by atoms with E-state index in [1.54, 1.807) is 6.07 Å². The molecule has 1 saturated heterocycles. The third-order valence-corrected chi connectivity index (χ3v) is 5.28. The Morgan fingerprint density at radius 3 is 2.68 bits per heavy atom. The number of rotatable bonds is 3. The number of carbonyl (C=O) groups excluding carboxylic acids is 1. The van der Waals surface area contributed by atoms with E-state index in [2.05, 4.69) is 15.5 Å².